The normalized spacial score (nSPS) is 9.47. The molecular weight excluding hydrogens is 198 g/mol. The van der Waals surface area contributed by atoms with Gasteiger partial charge in [-0.3, -0.25) is 9.59 Å². The van der Waals surface area contributed by atoms with Gasteiger partial charge in [-0.1, -0.05) is 0 Å². The van der Waals surface area contributed by atoms with Crippen LogP contribution >= 0.6 is 0 Å². The van der Waals surface area contributed by atoms with Gasteiger partial charge in [0.05, 0.1) is 5.69 Å². The number of anilines is 1. The van der Waals surface area contributed by atoms with E-state index in [1.54, 1.807) is 0 Å². The topological polar surface area (TPSA) is 75.6 Å². The average Bonchev–Trinajstić information content (AvgIpc) is 2.09. The number of esters is 1. The zero-order valence-electron chi connectivity index (χ0n) is 8.40. The highest BCUT2D eigenvalue weighted by molar-refractivity contribution is 5.90. The van der Waals surface area contributed by atoms with Crippen molar-refractivity contribution in [1.82, 2.24) is 0 Å². The lowest BCUT2D eigenvalue weighted by atomic mass is 10.2. The second kappa shape index (κ2) is 4.45. The first-order chi connectivity index (χ1) is 6.99. The van der Waals surface area contributed by atoms with Crippen molar-refractivity contribution in [3.8, 4) is 11.5 Å². The zero-order chi connectivity index (χ0) is 11.4. The predicted molar refractivity (Wildman–Crippen MR) is 53.7 cm³/mol. The highest BCUT2D eigenvalue weighted by Crippen LogP contribution is 2.27. The monoisotopic (exact) mass is 209 g/mol. The summed E-state index contributed by atoms with van der Waals surface area (Å²) < 4.78 is 4.79. The fraction of sp³-hybridized carbons (Fsp3) is 0.200. The van der Waals surface area contributed by atoms with Crippen LogP contribution in [0.5, 0.6) is 11.5 Å². The van der Waals surface area contributed by atoms with E-state index in [-0.39, 0.29) is 23.1 Å². The Morgan fingerprint density at radius 3 is 2.53 bits per heavy atom. The number of carbonyl (C=O) groups is 2. The number of nitrogens with one attached hydrogen (secondary N) is 1. The number of ether oxygens (including phenoxy) is 1. The Hall–Kier alpha value is -2.04. The summed E-state index contributed by atoms with van der Waals surface area (Å²) in [6.45, 7) is 2.59. The Balaban J connectivity index is 2.94. The Labute approximate surface area is 86.7 Å². The molecule has 0 bridgehead atoms. The van der Waals surface area contributed by atoms with E-state index < -0.39 is 5.97 Å². The van der Waals surface area contributed by atoms with Crippen LogP contribution < -0.4 is 10.1 Å². The highest BCUT2D eigenvalue weighted by atomic mass is 16.5. The van der Waals surface area contributed by atoms with Crippen LogP contribution in [-0.4, -0.2) is 17.0 Å². The summed E-state index contributed by atoms with van der Waals surface area (Å²) in [5.74, 6) is -0.593. The third-order valence-electron chi connectivity index (χ3n) is 1.54. The average molecular weight is 209 g/mol. The molecule has 0 unspecified atom stereocenters. The molecule has 0 fully saturated rings. The van der Waals surface area contributed by atoms with E-state index in [9.17, 15) is 14.7 Å². The van der Waals surface area contributed by atoms with Gasteiger partial charge in [-0.05, 0) is 12.1 Å². The number of carbonyl (C=O) groups excluding carboxylic acids is 2. The van der Waals surface area contributed by atoms with E-state index in [4.69, 9.17) is 4.74 Å². The number of benzene rings is 1. The number of hydrogen-bond acceptors (Lipinski definition) is 4. The number of hydrogen-bond donors (Lipinski definition) is 2. The summed E-state index contributed by atoms with van der Waals surface area (Å²) in [6.07, 6.45) is 0. The number of aromatic hydroxyl groups is 1. The molecule has 80 valence electrons. The number of phenolic OH excluding ortho intramolecular Hbond substituents is 1. The predicted octanol–water partition coefficient (Wildman–Crippen LogP) is 1.28. The van der Waals surface area contributed by atoms with Crippen molar-refractivity contribution >= 4 is 17.6 Å². The summed E-state index contributed by atoms with van der Waals surface area (Å²) >= 11 is 0. The fourth-order valence-corrected chi connectivity index (χ4v) is 1.03. The quantitative estimate of drug-likeness (QED) is 0.437. The molecule has 1 aromatic rings. The Bertz CT molecular complexity index is 400. The van der Waals surface area contributed by atoms with Gasteiger partial charge in [0.25, 0.3) is 0 Å². The molecule has 0 atom stereocenters. The molecule has 5 heteroatoms. The minimum atomic E-state index is -0.463. The van der Waals surface area contributed by atoms with Crippen LogP contribution in [0.25, 0.3) is 0 Å². The van der Waals surface area contributed by atoms with Gasteiger partial charge < -0.3 is 15.2 Å². The molecule has 5 nitrogen and oxygen atoms in total. The fourth-order valence-electron chi connectivity index (χ4n) is 1.03. The lowest BCUT2D eigenvalue weighted by Gasteiger charge is -2.07. The van der Waals surface area contributed by atoms with Crippen molar-refractivity contribution in [2.24, 2.45) is 0 Å². The molecule has 0 heterocycles. The van der Waals surface area contributed by atoms with Crippen LogP contribution in [0.4, 0.5) is 5.69 Å². The van der Waals surface area contributed by atoms with E-state index in [0.717, 1.165) is 0 Å². The van der Waals surface area contributed by atoms with Crippen LogP contribution in [0.3, 0.4) is 0 Å². The first-order valence-electron chi connectivity index (χ1n) is 4.28. The van der Waals surface area contributed by atoms with Crippen LogP contribution in [-0.2, 0) is 9.59 Å². The Kier molecular flexibility index (Phi) is 3.28. The van der Waals surface area contributed by atoms with Crippen LogP contribution in [0.2, 0.25) is 0 Å². The summed E-state index contributed by atoms with van der Waals surface area (Å²) in [5.41, 5.74) is 0.209. The number of phenols is 1. The molecule has 1 rings (SSSR count). The number of amides is 1. The van der Waals surface area contributed by atoms with Crippen molar-refractivity contribution in [3.05, 3.63) is 18.2 Å². The molecule has 0 saturated carbocycles. The molecule has 0 spiro atoms. The Morgan fingerprint density at radius 2 is 2.00 bits per heavy atom. The van der Waals surface area contributed by atoms with Crippen LogP contribution in [0.1, 0.15) is 13.8 Å². The van der Waals surface area contributed by atoms with Gasteiger partial charge in [-0.25, -0.2) is 0 Å². The van der Waals surface area contributed by atoms with Crippen molar-refractivity contribution in [2.45, 2.75) is 13.8 Å². The lowest BCUT2D eigenvalue weighted by Crippen LogP contribution is -2.07. The summed E-state index contributed by atoms with van der Waals surface area (Å²) in [5, 5.41) is 11.8. The zero-order valence-corrected chi connectivity index (χ0v) is 8.40. The van der Waals surface area contributed by atoms with E-state index in [0.29, 0.717) is 0 Å². The van der Waals surface area contributed by atoms with Crippen molar-refractivity contribution in [1.29, 1.82) is 0 Å². The molecule has 0 saturated heterocycles. The third-order valence-corrected chi connectivity index (χ3v) is 1.54. The smallest absolute Gasteiger partial charge is 0.308 e. The summed E-state index contributed by atoms with van der Waals surface area (Å²) in [6, 6.07) is 4.14. The minimum Gasteiger partial charge on any atom is -0.506 e. The first kappa shape index (κ1) is 11.0. The van der Waals surface area contributed by atoms with Gasteiger partial charge >= 0.3 is 5.97 Å². The van der Waals surface area contributed by atoms with E-state index in [1.807, 2.05) is 0 Å². The van der Waals surface area contributed by atoms with E-state index in [2.05, 4.69) is 5.32 Å². The SMILES string of the molecule is CC(=O)Nc1cc(OC(C)=O)ccc1O. The molecule has 0 aliphatic carbocycles. The minimum absolute atomic E-state index is 0.0823. The second-order valence-corrected chi connectivity index (χ2v) is 2.95. The van der Waals surface area contributed by atoms with Gasteiger partial charge in [0.1, 0.15) is 11.5 Å². The Morgan fingerprint density at radius 1 is 1.33 bits per heavy atom. The van der Waals surface area contributed by atoms with E-state index in [1.165, 1.54) is 32.0 Å². The maximum atomic E-state index is 10.8. The summed E-state index contributed by atoms with van der Waals surface area (Å²) in [4.78, 5) is 21.4. The van der Waals surface area contributed by atoms with Gasteiger partial charge in [-0.2, -0.15) is 0 Å². The standard InChI is InChI=1S/C10H11NO4/c1-6(12)11-9-5-8(15-7(2)13)3-4-10(9)14/h3-5,14H,1-2H3,(H,11,12). The third kappa shape index (κ3) is 3.30. The first-order valence-corrected chi connectivity index (χ1v) is 4.28. The molecule has 0 aliphatic heterocycles. The highest BCUT2D eigenvalue weighted by Gasteiger charge is 2.06. The molecule has 2 N–H and O–H groups in total. The largest absolute Gasteiger partial charge is 0.506 e. The van der Waals surface area contributed by atoms with Gasteiger partial charge in [0.15, 0.2) is 0 Å². The second-order valence-electron chi connectivity index (χ2n) is 2.95. The maximum Gasteiger partial charge on any atom is 0.308 e. The lowest BCUT2D eigenvalue weighted by molar-refractivity contribution is -0.131. The molecule has 0 aromatic heterocycles. The van der Waals surface area contributed by atoms with Crippen LogP contribution in [0, 0.1) is 0 Å². The molecule has 15 heavy (non-hydrogen) atoms. The maximum absolute atomic E-state index is 10.8. The molecule has 1 amide bonds. The van der Waals surface area contributed by atoms with Crippen molar-refractivity contribution < 1.29 is 19.4 Å². The van der Waals surface area contributed by atoms with Crippen molar-refractivity contribution in [3.63, 3.8) is 0 Å². The van der Waals surface area contributed by atoms with Gasteiger partial charge in [0.2, 0.25) is 5.91 Å². The molecule has 0 aliphatic rings. The molecule has 0 radical (unpaired) electrons. The van der Waals surface area contributed by atoms with E-state index >= 15 is 0 Å². The van der Waals surface area contributed by atoms with Gasteiger partial charge in [-0.15, -0.1) is 0 Å². The van der Waals surface area contributed by atoms with Crippen molar-refractivity contribution in [2.75, 3.05) is 5.32 Å². The van der Waals surface area contributed by atoms with Crippen LogP contribution in [0.15, 0.2) is 18.2 Å². The number of rotatable bonds is 2. The molecule has 1 aromatic carbocycles. The van der Waals surface area contributed by atoms with Gasteiger partial charge in [0, 0.05) is 19.9 Å². The molecular formula is C10H11NO4. The summed E-state index contributed by atoms with van der Waals surface area (Å²) in [7, 11) is 0.